The SMILES string of the molecule is COc1ccccc1NC(=O)c1ccnc(N(C)CCc2ccncc2)n1. The van der Waals surface area contributed by atoms with Crippen LogP contribution in [0, 0.1) is 0 Å². The molecule has 138 valence electrons. The zero-order chi connectivity index (χ0) is 19.1. The minimum absolute atomic E-state index is 0.293. The van der Waals surface area contributed by atoms with Gasteiger partial charge in [-0.2, -0.15) is 0 Å². The molecule has 0 aliphatic carbocycles. The fourth-order valence-electron chi connectivity index (χ4n) is 2.54. The van der Waals surface area contributed by atoms with Crippen molar-refractivity contribution in [3.05, 3.63) is 72.3 Å². The largest absolute Gasteiger partial charge is 0.495 e. The Kier molecular flexibility index (Phi) is 5.94. The van der Waals surface area contributed by atoms with E-state index in [1.54, 1.807) is 43.9 Å². The maximum atomic E-state index is 12.6. The van der Waals surface area contributed by atoms with Crippen LogP contribution in [0.3, 0.4) is 0 Å². The van der Waals surface area contributed by atoms with E-state index < -0.39 is 0 Å². The number of para-hydroxylation sites is 2. The first-order chi connectivity index (χ1) is 13.2. The second kappa shape index (κ2) is 8.75. The van der Waals surface area contributed by atoms with Crippen molar-refractivity contribution in [3.63, 3.8) is 0 Å². The van der Waals surface area contributed by atoms with Gasteiger partial charge >= 0.3 is 0 Å². The third-order valence-electron chi connectivity index (χ3n) is 4.06. The summed E-state index contributed by atoms with van der Waals surface area (Å²) in [6.45, 7) is 0.724. The topological polar surface area (TPSA) is 80.2 Å². The van der Waals surface area contributed by atoms with Crippen molar-refractivity contribution in [1.82, 2.24) is 15.0 Å². The number of nitrogens with one attached hydrogen (secondary N) is 1. The van der Waals surface area contributed by atoms with Gasteiger partial charge in [0.05, 0.1) is 12.8 Å². The van der Waals surface area contributed by atoms with Crippen molar-refractivity contribution in [2.24, 2.45) is 0 Å². The molecule has 0 radical (unpaired) electrons. The zero-order valence-corrected chi connectivity index (χ0v) is 15.3. The van der Waals surface area contributed by atoms with Crippen LogP contribution < -0.4 is 15.0 Å². The Balaban J connectivity index is 1.68. The average molecular weight is 363 g/mol. The van der Waals surface area contributed by atoms with Crippen LogP contribution in [0.5, 0.6) is 5.75 Å². The summed E-state index contributed by atoms with van der Waals surface area (Å²) in [5, 5.41) is 2.82. The molecule has 2 heterocycles. The molecule has 0 fully saturated rings. The third kappa shape index (κ3) is 4.78. The molecule has 2 aromatic heterocycles. The summed E-state index contributed by atoms with van der Waals surface area (Å²) in [4.78, 5) is 27.1. The quantitative estimate of drug-likeness (QED) is 0.695. The molecule has 0 aliphatic rings. The lowest BCUT2D eigenvalue weighted by molar-refractivity contribution is 0.102. The molecule has 0 bridgehead atoms. The van der Waals surface area contributed by atoms with Crippen LogP contribution >= 0.6 is 0 Å². The average Bonchev–Trinajstić information content (AvgIpc) is 2.73. The summed E-state index contributed by atoms with van der Waals surface area (Å²) in [5.41, 5.74) is 2.07. The number of anilines is 2. The van der Waals surface area contributed by atoms with E-state index in [2.05, 4.69) is 20.3 Å². The lowest BCUT2D eigenvalue weighted by Crippen LogP contribution is -2.24. The number of hydrogen-bond donors (Lipinski definition) is 1. The second-order valence-electron chi connectivity index (χ2n) is 5.92. The van der Waals surface area contributed by atoms with Crippen LogP contribution in [-0.2, 0) is 6.42 Å². The Morgan fingerprint density at radius 1 is 1.11 bits per heavy atom. The molecule has 27 heavy (non-hydrogen) atoms. The van der Waals surface area contributed by atoms with Crippen molar-refractivity contribution < 1.29 is 9.53 Å². The van der Waals surface area contributed by atoms with Gasteiger partial charge in [-0.3, -0.25) is 9.78 Å². The van der Waals surface area contributed by atoms with Gasteiger partial charge in [0.25, 0.3) is 5.91 Å². The van der Waals surface area contributed by atoms with Gasteiger partial charge in [0.15, 0.2) is 0 Å². The molecule has 1 aromatic carbocycles. The van der Waals surface area contributed by atoms with Crippen LogP contribution in [-0.4, -0.2) is 41.6 Å². The number of likely N-dealkylation sites (N-methyl/N-ethyl adjacent to an activating group) is 1. The molecule has 1 amide bonds. The molecule has 3 aromatic rings. The number of aromatic nitrogens is 3. The van der Waals surface area contributed by atoms with Crippen LogP contribution in [0.4, 0.5) is 11.6 Å². The van der Waals surface area contributed by atoms with E-state index in [1.165, 1.54) is 5.56 Å². The monoisotopic (exact) mass is 363 g/mol. The summed E-state index contributed by atoms with van der Waals surface area (Å²) >= 11 is 0. The fourth-order valence-corrected chi connectivity index (χ4v) is 2.54. The Morgan fingerprint density at radius 2 is 1.89 bits per heavy atom. The molecular weight excluding hydrogens is 342 g/mol. The second-order valence-corrected chi connectivity index (χ2v) is 5.92. The number of carbonyl (C=O) groups is 1. The van der Waals surface area contributed by atoms with Crippen molar-refractivity contribution >= 4 is 17.5 Å². The van der Waals surface area contributed by atoms with E-state index in [0.717, 1.165) is 13.0 Å². The summed E-state index contributed by atoms with van der Waals surface area (Å²) in [7, 11) is 3.46. The summed E-state index contributed by atoms with van der Waals surface area (Å²) in [5.74, 6) is 0.775. The van der Waals surface area contributed by atoms with Gasteiger partial charge in [-0.25, -0.2) is 9.97 Å². The molecule has 7 nitrogen and oxygen atoms in total. The molecule has 1 N–H and O–H groups in total. The maximum Gasteiger partial charge on any atom is 0.274 e. The van der Waals surface area contributed by atoms with Gasteiger partial charge in [0.2, 0.25) is 5.95 Å². The van der Waals surface area contributed by atoms with Gasteiger partial charge in [-0.1, -0.05) is 12.1 Å². The Morgan fingerprint density at radius 3 is 2.67 bits per heavy atom. The first kappa shape index (κ1) is 18.3. The number of carbonyl (C=O) groups excluding carboxylic acids is 1. The number of amides is 1. The molecule has 0 unspecified atom stereocenters. The molecule has 7 heteroatoms. The lowest BCUT2D eigenvalue weighted by Gasteiger charge is -2.17. The van der Waals surface area contributed by atoms with Gasteiger partial charge in [-0.05, 0) is 42.3 Å². The predicted octanol–water partition coefficient (Wildman–Crippen LogP) is 2.81. The Hall–Kier alpha value is -3.48. The Bertz CT molecular complexity index is 902. The number of rotatable bonds is 7. The number of ether oxygens (including phenoxy) is 1. The normalized spacial score (nSPS) is 10.3. The predicted molar refractivity (Wildman–Crippen MR) is 104 cm³/mol. The summed E-state index contributed by atoms with van der Waals surface area (Å²) < 4.78 is 5.26. The third-order valence-corrected chi connectivity index (χ3v) is 4.06. The van der Waals surface area contributed by atoms with E-state index in [0.29, 0.717) is 23.1 Å². The van der Waals surface area contributed by atoms with Crippen molar-refractivity contribution in [1.29, 1.82) is 0 Å². The lowest BCUT2D eigenvalue weighted by atomic mass is 10.2. The fraction of sp³-hybridized carbons (Fsp3) is 0.200. The summed E-state index contributed by atoms with van der Waals surface area (Å²) in [6.07, 6.45) is 5.96. The molecule has 3 rings (SSSR count). The standard InChI is InChI=1S/C20H21N5O2/c1-25(14-10-15-7-11-21-12-8-15)20-22-13-9-17(24-20)19(26)23-16-5-3-4-6-18(16)27-2/h3-9,11-13H,10,14H2,1-2H3,(H,23,26). The molecule has 0 atom stereocenters. The van der Waals surface area contributed by atoms with Gasteiger partial charge < -0.3 is 15.0 Å². The van der Waals surface area contributed by atoms with E-state index in [-0.39, 0.29) is 5.91 Å². The number of benzene rings is 1. The van der Waals surface area contributed by atoms with E-state index in [1.807, 2.05) is 36.2 Å². The maximum absolute atomic E-state index is 12.6. The molecular formula is C20H21N5O2. The first-order valence-corrected chi connectivity index (χ1v) is 8.55. The van der Waals surface area contributed by atoms with E-state index in [4.69, 9.17) is 4.74 Å². The minimum atomic E-state index is -0.314. The number of pyridine rings is 1. The number of nitrogens with zero attached hydrogens (tertiary/aromatic N) is 4. The van der Waals surface area contributed by atoms with Crippen LogP contribution in [0.25, 0.3) is 0 Å². The van der Waals surface area contributed by atoms with Gasteiger partial charge in [0.1, 0.15) is 11.4 Å². The highest BCUT2D eigenvalue weighted by Crippen LogP contribution is 2.23. The molecule has 0 saturated carbocycles. The van der Waals surface area contributed by atoms with E-state index in [9.17, 15) is 4.79 Å². The molecule has 0 spiro atoms. The highest BCUT2D eigenvalue weighted by molar-refractivity contribution is 6.03. The van der Waals surface area contributed by atoms with Crippen molar-refractivity contribution in [2.75, 3.05) is 30.9 Å². The molecule has 0 saturated heterocycles. The van der Waals surface area contributed by atoms with Crippen molar-refractivity contribution in [3.8, 4) is 5.75 Å². The van der Waals surface area contributed by atoms with Crippen LogP contribution in [0.15, 0.2) is 61.1 Å². The van der Waals surface area contributed by atoms with Crippen LogP contribution in [0.1, 0.15) is 16.1 Å². The van der Waals surface area contributed by atoms with Gasteiger partial charge in [0, 0.05) is 32.2 Å². The Labute approximate surface area is 158 Å². The van der Waals surface area contributed by atoms with E-state index >= 15 is 0 Å². The zero-order valence-electron chi connectivity index (χ0n) is 15.3. The summed E-state index contributed by atoms with van der Waals surface area (Å²) in [6, 6.07) is 12.8. The minimum Gasteiger partial charge on any atom is -0.495 e. The first-order valence-electron chi connectivity index (χ1n) is 8.55. The van der Waals surface area contributed by atoms with Crippen LogP contribution in [0.2, 0.25) is 0 Å². The molecule has 0 aliphatic heterocycles. The number of hydrogen-bond acceptors (Lipinski definition) is 6. The number of methoxy groups -OCH3 is 1. The smallest absolute Gasteiger partial charge is 0.274 e. The highest BCUT2D eigenvalue weighted by Gasteiger charge is 2.13. The van der Waals surface area contributed by atoms with Crippen molar-refractivity contribution in [2.45, 2.75) is 6.42 Å². The van der Waals surface area contributed by atoms with Gasteiger partial charge in [-0.15, -0.1) is 0 Å². The highest BCUT2D eigenvalue weighted by atomic mass is 16.5.